The van der Waals surface area contributed by atoms with Crippen LogP contribution in [0.4, 0.5) is 5.69 Å². The van der Waals surface area contributed by atoms with Crippen LogP contribution in [0.15, 0.2) is 16.8 Å². The summed E-state index contributed by atoms with van der Waals surface area (Å²) in [6.45, 7) is 1.08. The molecule has 0 amide bonds. The molecule has 8 heteroatoms. The molecule has 0 saturated carbocycles. The lowest BCUT2D eigenvalue weighted by Crippen LogP contribution is -2.16. The van der Waals surface area contributed by atoms with Gasteiger partial charge in [-0.3, -0.25) is 10.1 Å². The number of likely N-dealkylation sites (N-methyl/N-ethyl adjacent to an activating group) is 1. The Morgan fingerprint density at radius 1 is 1.47 bits per heavy atom. The van der Waals surface area contributed by atoms with E-state index in [1.165, 1.54) is 12.1 Å². The fourth-order valence-electron chi connectivity index (χ4n) is 1.36. The number of non-ortho nitro benzene ring substituents is 1. The van der Waals surface area contributed by atoms with Gasteiger partial charge in [0.2, 0.25) is 5.52 Å². The topological polar surface area (TPSA) is 103 Å². The van der Waals surface area contributed by atoms with E-state index in [-0.39, 0.29) is 16.7 Å². The number of hydrogen-bond donors (Lipinski definition) is 1. The van der Waals surface area contributed by atoms with E-state index < -0.39 is 4.92 Å². The van der Waals surface area contributed by atoms with Gasteiger partial charge in [-0.1, -0.05) is 0 Å². The van der Waals surface area contributed by atoms with Crippen molar-refractivity contribution in [1.82, 2.24) is 15.6 Å². The van der Waals surface area contributed by atoms with Crippen molar-refractivity contribution in [1.29, 1.82) is 0 Å². The summed E-state index contributed by atoms with van der Waals surface area (Å²) >= 11 is 0. The van der Waals surface area contributed by atoms with Gasteiger partial charge in [0.1, 0.15) is 6.61 Å². The summed E-state index contributed by atoms with van der Waals surface area (Å²) in [5, 5.41) is 20.8. The van der Waals surface area contributed by atoms with Gasteiger partial charge in [0, 0.05) is 12.6 Å². The Balaban J connectivity index is 2.36. The second kappa shape index (κ2) is 4.74. The number of aromatic nitrogens is 2. The van der Waals surface area contributed by atoms with Crippen LogP contribution in [0.1, 0.15) is 0 Å². The quantitative estimate of drug-likeness (QED) is 0.465. The molecule has 1 aromatic carbocycles. The Morgan fingerprint density at radius 3 is 2.94 bits per heavy atom. The summed E-state index contributed by atoms with van der Waals surface area (Å²) in [5.74, 6) is 0.419. The van der Waals surface area contributed by atoms with E-state index in [1.54, 1.807) is 7.05 Å². The average Bonchev–Trinajstić information content (AvgIpc) is 2.78. The van der Waals surface area contributed by atoms with Crippen molar-refractivity contribution in [3.8, 4) is 5.75 Å². The van der Waals surface area contributed by atoms with Crippen molar-refractivity contribution in [3.05, 3.63) is 22.2 Å². The lowest BCUT2D eigenvalue weighted by molar-refractivity contribution is -0.383. The summed E-state index contributed by atoms with van der Waals surface area (Å²) in [7, 11) is 1.80. The van der Waals surface area contributed by atoms with Crippen LogP contribution in [0, 0.1) is 10.1 Å². The van der Waals surface area contributed by atoms with Gasteiger partial charge in [0.15, 0.2) is 11.3 Å². The minimum absolute atomic E-state index is 0.0944. The molecule has 8 nitrogen and oxygen atoms in total. The van der Waals surface area contributed by atoms with E-state index in [1.807, 2.05) is 0 Å². The maximum atomic E-state index is 10.7. The van der Waals surface area contributed by atoms with Gasteiger partial charge in [-0.25, -0.2) is 4.63 Å². The number of benzene rings is 1. The first-order valence-electron chi connectivity index (χ1n) is 4.91. The van der Waals surface area contributed by atoms with Crippen LogP contribution in [-0.4, -0.2) is 35.4 Å². The van der Waals surface area contributed by atoms with Gasteiger partial charge in [0.05, 0.1) is 4.92 Å². The maximum absolute atomic E-state index is 10.7. The molecule has 0 saturated heterocycles. The highest BCUT2D eigenvalue weighted by Crippen LogP contribution is 2.29. The minimum atomic E-state index is -0.538. The van der Waals surface area contributed by atoms with E-state index in [2.05, 4.69) is 20.3 Å². The van der Waals surface area contributed by atoms with E-state index in [9.17, 15) is 10.1 Å². The van der Waals surface area contributed by atoms with Crippen molar-refractivity contribution >= 4 is 16.7 Å². The number of nitro groups is 1. The molecule has 2 aromatic rings. The fourth-order valence-corrected chi connectivity index (χ4v) is 1.36. The molecule has 0 radical (unpaired) electrons. The number of hydrogen-bond acceptors (Lipinski definition) is 7. The predicted molar refractivity (Wildman–Crippen MR) is 57.9 cm³/mol. The van der Waals surface area contributed by atoms with Crippen LogP contribution in [-0.2, 0) is 0 Å². The molecule has 0 unspecified atom stereocenters. The van der Waals surface area contributed by atoms with Crippen LogP contribution in [0.5, 0.6) is 5.75 Å². The smallest absolute Gasteiger partial charge is 0.301 e. The highest BCUT2D eigenvalue weighted by atomic mass is 16.6. The average molecular weight is 238 g/mol. The number of rotatable bonds is 5. The Morgan fingerprint density at radius 2 is 2.24 bits per heavy atom. The standard InChI is InChI=1S/C9H10N4O4/c1-10-4-5-16-7-3-2-6(13(14)15)8-9(7)12-17-11-8/h2-3,10H,4-5H2,1H3. The van der Waals surface area contributed by atoms with Crippen molar-refractivity contribution in [2.75, 3.05) is 20.2 Å². The van der Waals surface area contributed by atoms with Crippen molar-refractivity contribution in [2.24, 2.45) is 0 Å². The zero-order chi connectivity index (χ0) is 12.3. The monoisotopic (exact) mass is 238 g/mol. The first kappa shape index (κ1) is 11.3. The third kappa shape index (κ3) is 2.16. The Hall–Kier alpha value is -2.22. The number of ether oxygens (including phenoxy) is 1. The first-order valence-corrected chi connectivity index (χ1v) is 4.91. The molecule has 90 valence electrons. The molecule has 0 spiro atoms. The Bertz CT molecular complexity index is 539. The first-order chi connectivity index (χ1) is 8.24. The SMILES string of the molecule is CNCCOc1ccc([N+](=O)[O-])c2nonc12. The highest BCUT2D eigenvalue weighted by Gasteiger charge is 2.20. The fraction of sp³-hybridized carbons (Fsp3) is 0.333. The summed E-state index contributed by atoms with van der Waals surface area (Å²) in [6.07, 6.45) is 0. The Kier molecular flexibility index (Phi) is 3.15. The minimum Gasteiger partial charge on any atom is -0.490 e. The van der Waals surface area contributed by atoms with Gasteiger partial charge >= 0.3 is 5.69 Å². The lowest BCUT2D eigenvalue weighted by Gasteiger charge is -2.04. The van der Waals surface area contributed by atoms with Gasteiger partial charge in [-0.2, -0.15) is 0 Å². The summed E-state index contributed by atoms with van der Waals surface area (Å²) in [6, 6.07) is 2.81. The summed E-state index contributed by atoms with van der Waals surface area (Å²) in [5.41, 5.74) is 0.203. The lowest BCUT2D eigenvalue weighted by atomic mass is 10.2. The van der Waals surface area contributed by atoms with E-state index >= 15 is 0 Å². The molecule has 0 atom stereocenters. The second-order valence-corrected chi connectivity index (χ2v) is 3.25. The normalized spacial score (nSPS) is 10.6. The molecule has 1 N–H and O–H groups in total. The van der Waals surface area contributed by atoms with E-state index in [0.29, 0.717) is 18.9 Å². The van der Waals surface area contributed by atoms with Gasteiger partial charge in [-0.05, 0) is 23.4 Å². The molecule has 1 heterocycles. The molecular formula is C9H10N4O4. The summed E-state index contributed by atoms with van der Waals surface area (Å²) in [4.78, 5) is 10.2. The van der Waals surface area contributed by atoms with E-state index in [4.69, 9.17) is 4.74 Å². The number of nitrogens with one attached hydrogen (secondary N) is 1. The molecule has 0 aliphatic heterocycles. The second-order valence-electron chi connectivity index (χ2n) is 3.25. The van der Waals surface area contributed by atoms with Crippen LogP contribution in [0.3, 0.4) is 0 Å². The number of nitro benzene ring substituents is 1. The molecular weight excluding hydrogens is 228 g/mol. The van der Waals surface area contributed by atoms with Crippen LogP contribution in [0.25, 0.3) is 11.0 Å². The molecule has 1 aromatic heterocycles. The zero-order valence-corrected chi connectivity index (χ0v) is 9.04. The van der Waals surface area contributed by atoms with E-state index in [0.717, 1.165) is 0 Å². The third-order valence-electron chi connectivity index (χ3n) is 2.16. The van der Waals surface area contributed by atoms with Crippen LogP contribution in [0.2, 0.25) is 0 Å². The Labute approximate surface area is 95.7 Å². The highest BCUT2D eigenvalue weighted by molar-refractivity contribution is 5.88. The van der Waals surface area contributed by atoms with Gasteiger partial charge in [0.25, 0.3) is 0 Å². The molecule has 2 rings (SSSR count). The molecule has 0 fully saturated rings. The molecule has 0 aliphatic rings. The van der Waals surface area contributed by atoms with Gasteiger partial charge < -0.3 is 10.1 Å². The van der Waals surface area contributed by atoms with Crippen LogP contribution >= 0.6 is 0 Å². The number of nitrogens with zero attached hydrogens (tertiary/aromatic N) is 3. The predicted octanol–water partition coefficient (Wildman–Crippen LogP) is 0.729. The molecule has 0 aliphatic carbocycles. The van der Waals surface area contributed by atoms with Gasteiger partial charge in [-0.15, -0.1) is 0 Å². The van der Waals surface area contributed by atoms with Crippen molar-refractivity contribution in [2.45, 2.75) is 0 Å². The third-order valence-corrected chi connectivity index (χ3v) is 2.16. The maximum Gasteiger partial charge on any atom is 0.301 e. The molecule has 0 bridgehead atoms. The molecule has 17 heavy (non-hydrogen) atoms. The zero-order valence-electron chi connectivity index (χ0n) is 9.04. The largest absolute Gasteiger partial charge is 0.490 e. The number of fused-ring (bicyclic) bond motifs is 1. The van der Waals surface area contributed by atoms with Crippen LogP contribution < -0.4 is 10.1 Å². The summed E-state index contributed by atoms with van der Waals surface area (Å²) < 4.78 is 9.91. The van der Waals surface area contributed by atoms with Crippen molar-refractivity contribution in [3.63, 3.8) is 0 Å². The van der Waals surface area contributed by atoms with Crippen molar-refractivity contribution < 1.29 is 14.3 Å².